The lowest BCUT2D eigenvalue weighted by Crippen LogP contribution is -2.24. The van der Waals surface area contributed by atoms with Gasteiger partial charge in [-0.1, -0.05) is 19.4 Å². The van der Waals surface area contributed by atoms with Crippen molar-refractivity contribution in [3.8, 4) is 0 Å². The monoisotopic (exact) mass is 210 g/mol. The van der Waals surface area contributed by atoms with E-state index in [9.17, 15) is 4.79 Å². The van der Waals surface area contributed by atoms with Gasteiger partial charge >= 0.3 is 5.97 Å². The van der Waals surface area contributed by atoms with Crippen LogP contribution in [0.15, 0.2) is 11.6 Å². The first kappa shape index (κ1) is 12.3. The molecule has 0 radical (unpaired) electrons. The molecule has 0 unspecified atom stereocenters. The summed E-state index contributed by atoms with van der Waals surface area (Å²) in [7, 11) is 0. The van der Waals surface area contributed by atoms with Crippen molar-refractivity contribution in [3.63, 3.8) is 0 Å². The van der Waals surface area contributed by atoms with Crippen LogP contribution in [-0.4, -0.2) is 12.1 Å². The molecule has 0 amide bonds. The zero-order valence-corrected chi connectivity index (χ0v) is 10.1. The van der Waals surface area contributed by atoms with Gasteiger partial charge in [0.25, 0.3) is 0 Å². The van der Waals surface area contributed by atoms with Crippen LogP contribution in [0.3, 0.4) is 0 Å². The topological polar surface area (TPSA) is 26.3 Å². The van der Waals surface area contributed by atoms with Crippen LogP contribution in [-0.2, 0) is 9.53 Å². The molecule has 0 atom stereocenters. The summed E-state index contributed by atoms with van der Waals surface area (Å²) >= 11 is 0. The highest BCUT2D eigenvalue weighted by Crippen LogP contribution is 2.28. The van der Waals surface area contributed by atoms with Crippen molar-refractivity contribution in [2.24, 2.45) is 5.92 Å². The fourth-order valence-electron chi connectivity index (χ4n) is 2.02. The van der Waals surface area contributed by atoms with Crippen LogP contribution in [0.2, 0.25) is 0 Å². The van der Waals surface area contributed by atoms with Gasteiger partial charge in [0.05, 0.1) is 0 Å². The van der Waals surface area contributed by atoms with Gasteiger partial charge in [-0.15, -0.1) is 0 Å². The molecule has 1 aliphatic carbocycles. The number of hydrogen-bond acceptors (Lipinski definition) is 2. The zero-order chi connectivity index (χ0) is 11.3. The van der Waals surface area contributed by atoms with Crippen LogP contribution >= 0.6 is 0 Å². The normalized spacial score (nSPS) is 27.5. The highest BCUT2D eigenvalue weighted by molar-refractivity contribution is 5.87. The Labute approximate surface area is 92.7 Å². The maximum Gasteiger partial charge on any atom is 0.333 e. The van der Waals surface area contributed by atoms with E-state index in [1.807, 2.05) is 6.92 Å². The molecule has 0 aromatic rings. The van der Waals surface area contributed by atoms with Gasteiger partial charge in [-0.2, -0.15) is 0 Å². The molecule has 15 heavy (non-hydrogen) atoms. The van der Waals surface area contributed by atoms with Gasteiger partial charge in [-0.3, -0.25) is 0 Å². The molecule has 0 saturated heterocycles. The predicted octanol–water partition coefficient (Wildman–Crippen LogP) is 3.46. The molecular weight excluding hydrogens is 188 g/mol. The molecule has 0 heterocycles. The second kappa shape index (κ2) is 5.94. The highest BCUT2D eigenvalue weighted by atomic mass is 16.5. The van der Waals surface area contributed by atoms with Crippen molar-refractivity contribution in [3.05, 3.63) is 11.6 Å². The molecule has 1 saturated carbocycles. The number of ether oxygens (including phenoxy) is 1. The third kappa shape index (κ3) is 3.69. The second-order valence-corrected chi connectivity index (χ2v) is 4.43. The third-order valence-corrected chi connectivity index (χ3v) is 3.40. The van der Waals surface area contributed by atoms with Gasteiger partial charge in [0.1, 0.15) is 6.10 Å². The van der Waals surface area contributed by atoms with Gasteiger partial charge in [0.15, 0.2) is 0 Å². The van der Waals surface area contributed by atoms with E-state index in [-0.39, 0.29) is 12.1 Å². The van der Waals surface area contributed by atoms with Crippen molar-refractivity contribution in [2.75, 3.05) is 0 Å². The fourth-order valence-corrected chi connectivity index (χ4v) is 2.02. The van der Waals surface area contributed by atoms with Crippen LogP contribution in [0.1, 0.15) is 52.9 Å². The fraction of sp³-hybridized carbons (Fsp3) is 0.769. The Morgan fingerprint density at radius 2 is 1.93 bits per heavy atom. The number of carbonyl (C=O) groups is 1. The Morgan fingerprint density at radius 3 is 2.40 bits per heavy atom. The van der Waals surface area contributed by atoms with Crippen LogP contribution in [0.5, 0.6) is 0 Å². The summed E-state index contributed by atoms with van der Waals surface area (Å²) in [6.07, 6.45) is 7.74. The second-order valence-electron chi connectivity index (χ2n) is 4.43. The average molecular weight is 210 g/mol. The molecule has 0 aromatic heterocycles. The molecule has 1 fully saturated rings. The van der Waals surface area contributed by atoms with Crippen molar-refractivity contribution >= 4 is 5.97 Å². The van der Waals surface area contributed by atoms with Crippen LogP contribution in [0.4, 0.5) is 0 Å². The van der Waals surface area contributed by atoms with Gasteiger partial charge < -0.3 is 4.74 Å². The summed E-state index contributed by atoms with van der Waals surface area (Å²) < 4.78 is 5.43. The Balaban J connectivity index is 2.33. The maximum atomic E-state index is 11.5. The smallest absolute Gasteiger partial charge is 0.333 e. The quantitative estimate of drug-likeness (QED) is 0.526. The average Bonchev–Trinajstić information content (AvgIpc) is 2.29. The number of rotatable bonds is 3. The minimum Gasteiger partial charge on any atom is -0.459 e. The number of hydrogen-bond donors (Lipinski definition) is 0. The lowest BCUT2D eigenvalue weighted by Gasteiger charge is -2.27. The van der Waals surface area contributed by atoms with E-state index in [4.69, 9.17) is 4.74 Å². The minimum absolute atomic E-state index is 0.141. The molecule has 1 rings (SSSR count). The van der Waals surface area contributed by atoms with E-state index in [0.717, 1.165) is 18.8 Å². The summed E-state index contributed by atoms with van der Waals surface area (Å²) in [5.74, 6) is 0.709. The minimum atomic E-state index is -0.141. The molecule has 0 bridgehead atoms. The lowest BCUT2D eigenvalue weighted by atomic mass is 9.86. The SMILES string of the molecule is CC=C(C)C(=O)OC1CCC(CC)CC1. The summed E-state index contributed by atoms with van der Waals surface area (Å²) in [6.45, 7) is 5.91. The summed E-state index contributed by atoms with van der Waals surface area (Å²) in [5.41, 5.74) is 0.715. The Bertz CT molecular complexity index is 235. The van der Waals surface area contributed by atoms with Crippen molar-refractivity contribution in [1.82, 2.24) is 0 Å². The molecule has 0 spiro atoms. The van der Waals surface area contributed by atoms with Gasteiger partial charge in [0, 0.05) is 5.57 Å². The summed E-state index contributed by atoms with van der Waals surface area (Å²) in [6, 6.07) is 0. The first-order valence-corrected chi connectivity index (χ1v) is 6.01. The largest absolute Gasteiger partial charge is 0.459 e. The van der Waals surface area contributed by atoms with Gasteiger partial charge in [0.2, 0.25) is 0 Å². The van der Waals surface area contributed by atoms with Crippen molar-refractivity contribution in [2.45, 2.75) is 59.0 Å². The van der Waals surface area contributed by atoms with E-state index in [0.29, 0.717) is 5.57 Å². The van der Waals surface area contributed by atoms with E-state index in [1.54, 1.807) is 13.0 Å². The Kier molecular flexibility index (Phi) is 4.86. The van der Waals surface area contributed by atoms with E-state index in [1.165, 1.54) is 19.3 Å². The van der Waals surface area contributed by atoms with Gasteiger partial charge in [-0.25, -0.2) is 4.79 Å². The molecule has 0 N–H and O–H groups in total. The third-order valence-electron chi connectivity index (χ3n) is 3.40. The number of carbonyl (C=O) groups excluding carboxylic acids is 1. The lowest BCUT2D eigenvalue weighted by molar-refractivity contribution is -0.146. The Morgan fingerprint density at radius 1 is 1.33 bits per heavy atom. The van der Waals surface area contributed by atoms with E-state index in [2.05, 4.69) is 6.92 Å². The Hall–Kier alpha value is -0.790. The van der Waals surface area contributed by atoms with Crippen molar-refractivity contribution in [1.29, 1.82) is 0 Å². The zero-order valence-electron chi connectivity index (χ0n) is 10.1. The molecule has 2 heteroatoms. The molecule has 2 nitrogen and oxygen atoms in total. The number of esters is 1. The molecule has 0 aromatic carbocycles. The standard InChI is InChI=1S/C13H22O2/c1-4-10(3)13(14)15-12-8-6-11(5-2)7-9-12/h4,11-12H,5-9H2,1-3H3. The van der Waals surface area contributed by atoms with Crippen LogP contribution < -0.4 is 0 Å². The first-order valence-electron chi connectivity index (χ1n) is 6.01. The molecule has 1 aliphatic rings. The number of allylic oxidation sites excluding steroid dienone is 1. The first-order chi connectivity index (χ1) is 7.17. The van der Waals surface area contributed by atoms with Crippen molar-refractivity contribution < 1.29 is 9.53 Å². The summed E-state index contributed by atoms with van der Waals surface area (Å²) in [5, 5.41) is 0. The van der Waals surface area contributed by atoms with Gasteiger partial charge in [-0.05, 0) is 45.4 Å². The molecule has 0 aliphatic heterocycles. The molecular formula is C13H22O2. The van der Waals surface area contributed by atoms with E-state index < -0.39 is 0 Å². The van der Waals surface area contributed by atoms with Crippen LogP contribution in [0, 0.1) is 5.92 Å². The van der Waals surface area contributed by atoms with Crippen LogP contribution in [0.25, 0.3) is 0 Å². The maximum absolute atomic E-state index is 11.5. The predicted molar refractivity (Wildman–Crippen MR) is 61.6 cm³/mol. The highest BCUT2D eigenvalue weighted by Gasteiger charge is 2.22. The van der Waals surface area contributed by atoms with E-state index >= 15 is 0 Å². The summed E-state index contributed by atoms with van der Waals surface area (Å²) in [4.78, 5) is 11.5. The molecule has 86 valence electrons.